The molecule has 118 valence electrons. The molecule has 1 unspecified atom stereocenters. The van der Waals surface area contributed by atoms with Crippen LogP contribution in [0.15, 0.2) is 36.0 Å². The molecule has 0 aliphatic carbocycles. The predicted molar refractivity (Wildman–Crippen MR) is 84.2 cm³/mol. The van der Waals surface area contributed by atoms with Crippen LogP contribution in [0.1, 0.15) is 29.3 Å². The zero-order chi connectivity index (χ0) is 16.6. The van der Waals surface area contributed by atoms with Gasteiger partial charge in [-0.25, -0.2) is 14.4 Å². The predicted octanol–water partition coefficient (Wildman–Crippen LogP) is 1.44. The van der Waals surface area contributed by atoms with Gasteiger partial charge in [0.25, 0.3) is 0 Å². The van der Waals surface area contributed by atoms with Crippen molar-refractivity contribution < 1.29 is 9.18 Å². The highest BCUT2D eigenvalue weighted by atomic mass is 19.1. The summed E-state index contributed by atoms with van der Waals surface area (Å²) in [6, 6.07) is 5.88. The second-order valence-corrected chi connectivity index (χ2v) is 5.42. The number of amides is 1. The van der Waals surface area contributed by atoms with E-state index in [2.05, 4.69) is 15.3 Å². The maximum atomic E-state index is 13.6. The van der Waals surface area contributed by atoms with Crippen LogP contribution in [0, 0.1) is 12.7 Å². The van der Waals surface area contributed by atoms with Gasteiger partial charge in [0.05, 0.1) is 17.4 Å². The molecule has 0 radical (unpaired) electrons. The third-order valence-electron chi connectivity index (χ3n) is 3.85. The highest BCUT2D eigenvalue weighted by Crippen LogP contribution is 2.35. The molecule has 1 aliphatic heterocycles. The Bertz CT molecular complexity index is 818. The number of anilines is 1. The summed E-state index contributed by atoms with van der Waals surface area (Å²) in [5, 5.41) is 3.22. The van der Waals surface area contributed by atoms with Crippen LogP contribution < -0.4 is 16.8 Å². The van der Waals surface area contributed by atoms with E-state index in [0.29, 0.717) is 28.9 Å². The molecule has 6 nitrogen and oxygen atoms in total. The molecular formula is C16H16FN5O. The summed E-state index contributed by atoms with van der Waals surface area (Å²) in [5.41, 5.74) is 14.2. The minimum Gasteiger partial charge on any atom is -0.375 e. The van der Waals surface area contributed by atoms with Gasteiger partial charge in [-0.05, 0) is 30.7 Å². The third kappa shape index (κ3) is 2.85. The average molecular weight is 313 g/mol. The minimum absolute atomic E-state index is 0.153. The zero-order valence-corrected chi connectivity index (χ0v) is 12.5. The van der Waals surface area contributed by atoms with E-state index in [4.69, 9.17) is 11.5 Å². The van der Waals surface area contributed by atoms with Crippen molar-refractivity contribution in [2.75, 3.05) is 5.73 Å². The Kier molecular flexibility index (Phi) is 3.69. The Hall–Kier alpha value is -2.96. The first-order valence-corrected chi connectivity index (χ1v) is 7.10. The van der Waals surface area contributed by atoms with Crippen LogP contribution in [0.5, 0.6) is 0 Å². The number of nitrogen functional groups attached to an aromatic ring is 1. The maximum absolute atomic E-state index is 13.6. The SMILES string of the molecule is Cc1ccc(F)cc1C1=C(C(N)=O)CC(c2ccnc(N)n2)N1. The zero-order valence-electron chi connectivity index (χ0n) is 12.5. The lowest BCUT2D eigenvalue weighted by Gasteiger charge is -2.14. The van der Waals surface area contributed by atoms with Gasteiger partial charge in [-0.3, -0.25) is 4.79 Å². The number of hydrogen-bond acceptors (Lipinski definition) is 5. The van der Waals surface area contributed by atoms with Gasteiger partial charge in [0.2, 0.25) is 11.9 Å². The number of carbonyl (C=O) groups excluding carboxylic acids is 1. The molecule has 1 atom stereocenters. The van der Waals surface area contributed by atoms with E-state index in [9.17, 15) is 9.18 Å². The Labute approximate surface area is 132 Å². The van der Waals surface area contributed by atoms with Gasteiger partial charge in [-0.15, -0.1) is 0 Å². The molecule has 23 heavy (non-hydrogen) atoms. The second kappa shape index (κ2) is 5.68. The monoisotopic (exact) mass is 313 g/mol. The molecule has 7 heteroatoms. The number of nitrogens with zero attached hydrogens (tertiary/aromatic N) is 2. The van der Waals surface area contributed by atoms with E-state index in [1.165, 1.54) is 12.1 Å². The van der Waals surface area contributed by atoms with E-state index >= 15 is 0 Å². The topological polar surface area (TPSA) is 107 Å². The Balaban J connectivity index is 2.02. The summed E-state index contributed by atoms with van der Waals surface area (Å²) in [7, 11) is 0. The molecule has 0 saturated carbocycles. The smallest absolute Gasteiger partial charge is 0.246 e. The van der Waals surface area contributed by atoms with E-state index in [0.717, 1.165) is 5.56 Å². The van der Waals surface area contributed by atoms with Crippen LogP contribution in [0.4, 0.5) is 10.3 Å². The first kappa shape index (κ1) is 15.0. The number of rotatable bonds is 3. The summed E-state index contributed by atoms with van der Waals surface area (Å²) in [6.45, 7) is 1.85. The molecule has 0 saturated heterocycles. The molecule has 2 aromatic rings. The van der Waals surface area contributed by atoms with Crippen molar-refractivity contribution >= 4 is 17.6 Å². The molecule has 2 heterocycles. The molecule has 0 bridgehead atoms. The van der Waals surface area contributed by atoms with E-state index < -0.39 is 5.91 Å². The van der Waals surface area contributed by atoms with Gasteiger partial charge in [-0.1, -0.05) is 6.07 Å². The number of aryl methyl sites for hydroxylation is 1. The summed E-state index contributed by atoms with van der Waals surface area (Å²) in [5.74, 6) is -0.764. The Morgan fingerprint density at radius 1 is 1.39 bits per heavy atom. The van der Waals surface area contributed by atoms with Crippen LogP contribution in [-0.2, 0) is 4.79 Å². The lowest BCUT2D eigenvalue weighted by molar-refractivity contribution is -0.114. The lowest BCUT2D eigenvalue weighted by Crippen LogP contribution is -2.16. The van der Waals surface area contributed by atoms with E-state index in [1.54, 1.807) is 18.3 Å². The molecule has 1 aliphatic rings. The number of aromatic nitrogens is 2. The maximum Gasteiger partial charge on any atom is 0.246 e. The summed E-state index contributed by atoms with van der Waals surface area (Å²) in [6.07, 6.45) is 1.91. The highest BCUT2D eigenvalue weighted by Gasteiger charge is 2.30. The summed E-state index contributed by atoms with van der Waals surface area (Å²) >= 11 is 0. The van der Waals surface area contributed by atoms with Gasteiger partial charge in [0.15, 0.2) is 0 Å². The number of nitrogens with two attached hydrogens (primary N) is 2. The standard InChI is InChI=1S/C16H16FN5O/c1-8-2-3-9(17)6-10(8)14-11(15(18)23)7-13(21-14)12-4-5-20-16(19)22-12/h2-6,13,21H,7H2,1H3,(H2,18,23)(H2,19,20,22). The quantitative estimate of drug-likeness (QED) is 0.795. The summed E-state index contributed by atoms with van der Waals surface area (Å²) < 4.78 is 13.6. The molecule has 1 amide bonds. The molecule has 1 aromatic carbocycles. The van der Waals surface area contributed by atoms with Crippen molar-refractivity contribution in [3.8, 4) is 0 Å². The second-order valence-electron chi connectivity index (χ2n) is 5.42. The van der Waals surface area contributed by atoms with Gasteiger partial charge in [-0.2, -0.15) is 0 Å². The first-order chi connectivity index (χ1) is 11.0. The fraction of sp³-hybridized carbons (Fsp3) is 0.188. The van der Waals surface area contributed by atoms with E-state index in [-0.39, 0.29) is 17.8 Å². The van der Waals surface area contributed by atoms with E-state index in [1.807, 2.05) is 6.92 Å². The van der Waals surface area contributed by atoms with Crippen molar-refractivity contribution in [3.63, 3.8) is 0 Å². The fourth-order valence-electron chi connectivity index (χ4n) is 2.71. The van der Waals surface area contributed by atoms with Crippen LogP contribution in [0.3, 0.4) is 0 Å². The van der Waals surface area contributed by atoms with Crippen LogP contribution >= 0.6 is 0 Å². The molecule has 0 spiro atoms. The number of primary amides is 1. The fourth-order valence-corrected chi connectivity index (χ4v) is 2.71. The Morgan fingerprint density at radius 3 is 2.87 bits per heavy atom. The van der Waals surface area contributed by atoms with Crippen molar-refractivity contribution in [2.45, 2.75) is 19.4 Å². The number of benzene rings is 1. The number of carbonyl (C=O) groups is 1. The molecular weight excluding hydrogens is 297 g/mol. The van der Waals surface area contributed by atoms with Gasteiger partial charge in [0, 0.05) is 23.8 Å². The molecule has 3 rings (SSSR count). The van der Waals surface area contributed by atoms with Crippen LogP contribution in [0.25, 0.3) is 5.70 Å². The molecule has 5 N–H and O–H groups in total. The molecule has 1 aromatic heterocycles. The lowest BCUT2D eigenvalue weighted by atomic mass is 10.0. The van der Waals surface area contributed by atoms with Gasteiger partial charge < -0.3 is 16.8 Å². The highest BCUT2D eigenvalue weighted by molar-refractivity contribution is 6.01. The Morgan fingerprint density at radius 2 is 2.17 bits per heavy atom. The number of hydrogen-bond donors (Lipinski definition) is 3. The van der Waals surface area contributed by atoms with Crippen molar-refractivity contribution in [1.29, 1.82) is 0 Å². The van der Waals surface area contributed by atoms with Crippen molar-refractivity contribution in [2.24, 2.45) is 5.73 Å². The minimum atomic E-state index is -0.541. The summed E-state index contributed by atoms with van der Waals surface area (Å²) in [4.78, 5) is 19.8. The largest absolute Gasteiger partial charge is 0.375 e. The van der Waals surface area contributed by atoms with Gasteiger partial charge >= 0.3 is 0 Å². The van der Waals surface area contributed by atoms with Crippen LogP contribution in [0.2, 0.25) is 0 Å². The third-order valence-corrected chi connectivity index (χ3v) is 3.85. The number of halogens is 1. The van der Waals surface area contributed by atoms with Crippen LogP contribution in [-0.4, -0.2) is 15.9 Å². The average Bonchev–Trinajstić information content (AvgIpc) is 2.95. The first-order valence-electron chi connectivity index (χ1n) is 7.10. The normalized spacial score (nSPS) is 17.2. The van der Waals surface area contributed by atoms with Crippen molar-refractivity contribution in [1.82, 2.24) is 15.3 Å². The number of nitrogens with one attached hydrogen (secondary N) is 1. The molecule has 0 fully saturated rings. The van der Waals surface area contributed by atoms with Gasteiger partial charge in [0.1, 0.15) is 5.82 Å². The van der Waals surface area contributed by atoms with Crippen molar-refractivity contribution in [3.05, 3.63) is 58.7 Å².